The van der Waals surface area contributed by atoms with Crippen LogP contribution in [-0.2, 0) is 34.4 Å². The number of para-hydroxylation sites is 1. The van der Waals surface area contributed by atoms with Crippen LogP contribution in [0, 0.1) is 12.8 Å². The molecule has 19 heteroatoms. The fraction of sp³-hybridized carbons (Fsp3) is 0.390. The predicted molar refractivity (Wildman–Crippen MR) is 291 cm³/mol. The zero-order valence-electron chi connectivity index (χ0n) is 43.5. The summed E-state index contributed by atoms with van der Waals surface area (Å²) in [7, 11) is 1.72. The minimum atomic E-state index is -4.44. The second-order valence-electron chi connectivity index (χ2n) is 21.0. The van der Waals surface area contributed by atoms with Crippen LogP contribution in [0.3, 0.4) is 0 Å². The Labute approximate surface area is 464 Å². The fourth-order valence-corrected chi connectivity index (χ4v) is 15.1. The maximum atomic E-state index is 14.7. The van der Waals surface area contributed by atoms with Crippen molar-refractivity contribution in [3.63, 3.8) is 0 Å². The van der Waals surface area contributed by atoms with Gasteiger partial charge < -0.3 is 4.90 Å². The van der Waals surface area contributed by atoms with Crippen LogP contribution in [0.4, 0.5) is 24.0 Å². The van der Waals surface area contributed by atoms with Gasteiger partial charge in [-0.25, -0.2) is 0 Å². The first-order chi connectivity index (χ1) is 37.6. The number of fused-ring (bicyclic) bond motifs is 3. The van der Waals surface area contributed by atoms with Gasteiger partial charge in [0.25, 0.3) is 0 Å². The number of anilines is 2. The summed E-state index contributed by atoms with van der Waals surface area (Å²) in [6.07, 6.45) is 7.35. The topological polar surface area (TPSA) is 162 Å². The number of unbranched alkanes of at least 4 members (excludes halogenated alkanes) is 1. The van der Waals surface area contributed by atoms with Crippen molar-refractivity contribution in [1.82, 2.24) is 29.9 Å². The van der Waals surface area contributed by atoms with Crippen LogP contribution in [0.15, 0.2) is 104 Å². The molecule has 1 saturated carbocycles. The molecule has 5 aliphatic rings. The molecule has 0 spiro atoms. The molecule has 0 radical (unpaired) electrons. The van der Waals surface area contributed by atoms with Gasteiger partial charge in [0, 0.05) is 44.2 Å². The Morgan fingerprint density at radius 2 is 1.76 bits per heavy atom. The third kappa shape index (κ3) is 11.3. The molecule has 2 atom stereocenters. The minimum absolute atomic E-state index is 0.0187. The first-order valence-electron chi connectivity index (χ1n) is 26.8. The Balaban J connectivity index is 0.665. The van der Waals surface area contributed by atoms with E-state index >= 15 is 0 Å². The van der Waals surface area contributed by atoms with E-state index in [0.717, 1.165) is 102 Å². The van der Waals surface area contributed by atoms with E-state index in [0.29, 0.717) is 74.1 Å². The van der Waals surface area contributed by atoms with E-state index in [4.69, 9.17) is 4.74 Å². The molecule has 78 heavy (non-hydrogen) atoms. The number of rotatable bonds is 14. The van der Waals surface area contributed by atoms with E-state index in [9.17, 15) is 37.5 Å². The Bertz CT molecular complexity index is 3380. The van der Waals surface area contributed by atoms with Crippen molar-refractivity contribution in [2.75, 3.05) is 42.9 Å². The normalized spacial score (nSPS) is 21.5. The fourth-order valence-electron chi connectivity index (χ4n) is 11.9. The molecule has 6 aromatic rings. The van der Waals surface area contributed by atoms with Gasteiger partial charge >= 0.3 is 291 Å². The summed E-state index contributed by atoms with van der Waals surface area (Å²) in [5.74, 6) is -1.21. The first kappa shape index (κ1) is 53.4. The van der Waals surface area contributed by atoms with E-state index in [2.05, 4.69) is 35.8 Å². The number of carbonyl (C=O) groups excluding carboxylic acids is 3. The summed E-state index contributed by atoms with van der Waals surface area (Å²) in [4.78, 5) is 61.3. The SMILES string of the molecule is Cc1c(OC2CCC(CCCCN3CCN(c4ccc5c(C6CCC(=O)NC6=O)nn(C)c5c4)C(C(F)(F)F)C3)CC2)cccc1C1=C(C(=O)O)[I-]C=C(N2CCc3cccc(C(=O)Nc4nc5ccccc5s4)c3C2)C=C1. The van der Waals surface area contributed by atoms with E-state index in [1.807, 2.05) is 78.6 Å². The number of piperazine rings is 1. The standard InChI is InChI=1S/C59H61F3IN8O6S/c1-35-41(42-22-19-39(32-63-53(42)57(75)76)70-28-26-37-10-7-12-43(46(37)33-70)55(73)66-58-64-47-13-3-4-15-50(47)78-58)11-8-14-49(35)77-40-20-16-36(17-21-40)9-5-6-27-69-29-30-71(51(34-69)59(60,61)62)38-18-23-44-48(31-38)68(2)67-54(44)45-24-25-52(72)65-56(45)74/h3-4,7-8,10-15,18-19,22-23,31-32,36,40,45,51H,5-6,9,16-17,20-21,24-30,33-34H2,1-2H3,(H,75,76)(H,64,66,73)(H,65,72,74)/q-1. The van der Waals surface area contributed by atoms with Crippen LogP contribution in [0.25, 0.3) is 26.7 Å². The number of aliphatic carboxylic acids is 1. The van der Waals surface area contributed by atoms with Gasteiger partial charge in [0.2, 0.25) is 11.8 Å². The number of amides is 3. The number of carboxylic acids is 1. The molecule has 1 aliphatic carbocycles. The van der Waals surface area contributed by atoms with E-state index in [1.54, 1.807) is 29.9 Å². The molecule has 3 N–H and O–H groups in total. The molecular formula is C59H61F3IN8O6S-. The number of nitrogens with zero attached hydrogens (tertiary/aromatic N) is 6. The van der Waals surface area contributed by atoms with Gasteiger partial charge in [-0.2, -0.15) is 18.3 Å². The molecule has 2 aromatic heterocycles. The predicted octanol–water partition coefficient (Wildman–Crippen LogP) is 7.48. The van der Waals surface area contributed by atoms with Gasteiger partial charge in [-0.15, -0.1) is 0 Å². The van der Waals surface area contributed by atoms with Crippen molar-refractivity contribution in [2.24, 2.45) is 13.0 Å². The average Bonchev–Trinajstić information content (AvgIpc) is 3.91. The number of piperidine rings is 1. The number of alkyl halides is 3. The number of aryl methyl sites for hydroxylation is 1. The van der Waals surface area contributed by atoms with Gasteiger partial charge in [0.1, 0.15) is 6.04 Å². The second kappa shape index (κ2) is 22.6. The second-order valence-corrected chi connectivity index (χ2v) is 24.4. The molecule has 11 rings (SSSR count). The number of benzene rings is 4. The molecule has 4 aromatic carbocycles. The Morgan fingerprint density at radius 1 is 0.936 bits per heavy atom. The summed E-state index contributed by atoms with van der Waals surface area (Å²) in [5.41, 5.74) is 8.49. The quantitative estimate of drug-likeness (QED) is 0.0564. The molecular weight excluding hydrogens is 1130 g/mol. The summed E-state index contributed by atoms with van der Waals surface area (Å²) >= 11 is 0.391. The van der Waals surface area contributed by atoms with E-state index in [1.165, 1.54) is 16.2 Å². The number of aromatic nitrogens is 3. The zero-order chi connectivity index (χ0) is 54.2. The van der Waals surface area contributed by atoms with Crippen LogP contribution < -0.4 is 41.5 Å². The first-order valence-corrected chi connectivity index (χ1v) is 29.9. The molecule has 6 heterocycles. The molecule has 3 fully saturated rings. The van der Waals surface area contributed by atoms with Crippen LogP contribution in [-0.4, -0.2) is 104 Å². The average molecular weight is 1190 g/mol. The van der Waals surface area contributed by atoms with Crippen molar-refractivity contribution in [2.45, 2.75) is 102 Å². The summed E-state index contributed by atoms with van der Waals surface area (Å²) in [6.45, 7) is 4.45. The van der Waals surface area contributed by atoms with Crippen molar-refractivity contribution < 1.29 is 63.4 Å². The number of halogens is 4. The Hall–Kier alpha value is -6.58. The summed E-state index contributed by atoms with van der Waals surface area (Å²) in [5, 5.41) is 21.8. The van der Waals surface area contributed by atoms with Gasteiger partial charge in [-0.05, 0) is 37.6 Å². The number of hydrogen-bond donors (Lipinski definition) is 3. The summed E-state index contributed by atoms with van der Waals surface area (Å²) in [6, 6.07) is 23.0. The van der Waals surface area contributed by atoms with Gasteiger partial charge in [-0.1, -0.05) is 12.1 Å². The number of thiazole rings is 1. The molecule has 0 bridgehead atoms. The summed E-state index contributed by atoms with van der Waals surface area (Å²) < 4.78 is 56.0. The molecule has 14 nitrogen and oxygen atoms in total. The van der Waals surface area contributed by atoms with Crippen LogP contribution in [0.5, 0.6) is 5.75 Å². The van der Waals surface area contributed by atoms with Gasteiger partial charge in [0.15, 0.2) is 0 Å². The number of nitrogens with one attached hydrogen (secondary N) is 2. The molecule has 408 valence electrons. The Kier molecular flexibility index (Phi) is 15.5. The third-order valence-corrected chi connectivity index (χ3v) is 19.7. The van der Waals surface area contributed by atoms with E-state index < -0.39 is 51.2 Å². The van der Waals surface area contributed by atoms with Crippen LogP contribution >= 0.6 is 11.3 Å². The molecule has 3 amide bonds. The molecule has 4 aliphatic heterocycles. The monoisotopic (exact) mass is 1190 g/mol. The molecule has 2 saturated heterocycles. The Morgan fingerprint density at radius 3 is 2.55 bits per heavy atom. The van der Waals surface area contributed by atoms with Crippen LogP contribution in [0.2, 0.25) is 0 Å². The van der Waals surface area contributed by atoms with Gasteiger partial charge in [-0.3, -0.25) is 24.5 Å². The number of imide groups is 1. The van der Waals surface area contributed by atoms with Crippen molar-refractivity contribution in [1.29, 1.82) is 0 Å². The van der Waals surface area contributed by atoms with Crippen molar-refractivity contribution in [3.8, 4) is 5.75 Å². The van der Waals surface area contributed by atoms with E-state index in [-0.39, 0.29) is 37.4 Å². The maximum absolute atomic E-state index is 14.7. The third-order valence-electron chi connectivity index (χ3n) is 16.1. The van der Waals surface area contributed by atoms with Crippen LogP contribution in [0.1, 0.15) is 102 Å². The number of allylic oxidation sites excluding steroid dienone is 3. The van der Waals surface area contributed by atoms with Gasteiger partial charge in [0.05, 0.1) is 17.1 Å². The number of carbonyl (C=O) groups is 4. The number of hydrogen-bond acceptors (Lipinski definition) is 11. The molecule has 2 unspecified atom stereocenters. The number of ether oxygens (including phenoxy) is 1. The van der Waals surface area contributed by atoms with Crippen molar-refractivity contribution in [3.05, 3.63) is 138 Å². The number of carboxylic acid groups (broad SMARTS) is 1. The van der Waals surface area contributed by atoms with Crippen molar-refractivity contribution >= 4 is 72.5 Å². The zero-order valence-corrected chi connectivity index (χ0v) is 46.4.